The summed E-state index contributed by atoms with van der Waals surface area (Å²) in [5.74, 6) is 0.814. The van der Waals surface area contributed by atoms with Gasteiger partial charge in [-0.25, -0.2) is 4.99 Å². The van der Waals surface area contributed by atoms with Crippen molar-refractivity contribution in [3.63, 3.8) is 0 Å². The Morgan fingerprint density at radius 3 is 2.10 bits per heavy atom. The Bertz CT molecular complexity index is 3720. The Morgan fingerprint density at radius 2 is 1.21 bits per heavy atom. The summed E-state index contributed by atoms with van der Waals surface area (Å²) in [5.41, 5.74) is 9.70. The number of benzene rings is 9. The molecule has 0 fully saturated rings. The minimum absolute atomic E-state index is 0.0324. The smallest absolute Gasteiger partial charge is 0.209 e. The molecule has 3 heterocycles. The van der Waals surface area contributed by atoms with E-state index in [1.54, 1.807) is 0 Å². The molecule has 9 aromatic carbocycles. The predicted molar refractivity (Wildman–Crippen MR) is 244 cm³/mol. The fourth-order valence-corrected chi connectivity index (χ4v) is 9.80. The van der Waals surface area contributed by atoms with Crippen molar-refractivity contribution >= 4 is 98.5 Å². The van der Waals surface area contributed by atoms with Crippen molar-refractivity contribution in [2.24, 2.45) is 4.99 Å². The second-order valence-corrected chi connectivity index (χ2v) is 15.5. The maximum absolute atomic E-state index is 6.25. The van der Waals surface area contributed by atoms with E-state index in [1.807, 2.05) is 12.1 Å². The third-order valence-electron chi connectivity index (χ3n) is 12.4. The zero-order valence-corrected chi connectivity index (χ0v) is 31.3. The van der Waals surface area contributed by atoms with E-state index in [0.717, 1.165) is 55.8 Å². The molecule has 0 bridgehead atoms. The molecule has 13 rings (SSSR count). The lowest BCUT2D eigenvalue weighted by Gasteiger charge is -2.29. The van der Waals surface area contributed by atoms with Crippen LogP contribution in [0.1, 0.15) is 5.56 Å². The molecule has 2 aliphatic rings. The molecule has 1 aliphatic carbocycles. The van der Waals surface area contributed by atoms with Crippen LogP contribution in [-0.4, -0.2) is 16.6 Å². The van der Waals surface area contributed by atoms with Crippen LogP contribution in [0.15, 0.2) is 203 Å². The molecule has 0 spiro atoms. The average Bonchev–Trinajstić information content (AvgIpc) is 3.84. The van der Waals surface area contributed by atoms with Crippen molar-refractivity contribution in [1.29, 1.82) is 0 Å². The van der Waals surface area contributed by atoms with Gasteiger partial charge in [0, 0.05) is 43.5 Å². The van der Waals surface area contributed by atoms with Gasteiger partial charge in [0.2, 0.25) is 5.96 Å². The van der Waals surface area contributed by atoms with Crippen LogP contribution in [-0.2, 0) is 0 Å². The lowest BCUT2D eigenvalue weighted by Crippen LogP contribution is -2.42. The lowest BCUT2D eigenvalue weighted by molar-refractivity contribution is 0.669. The Hall–Kier alpha value is -7.69. The molecular weight excluding hydrogens is 707 g/mol. The summed E-state index contributed by atoms with van der Waals surface area (Å²) < 4.78 is 8.64. The minimum atomic E-state index is -0.0324. The van der Waals surface area contributed by atoms with E-state index in [4.69, 9.17) is 9.41 Å². The van der Waals surface area contributed by atoms with Gasteiger partial charge >= 0.3 is 0 Å². The first kappa shape index (κ1) is 31.5. The van der Waals surface area contributed by atoms with Gasteiger partial charge in [0.1, 0.15) is 11.2 Å². The SMILES string of the molecule is C1=CC2=C(c3ccc4ccccc4c3)N=C(n3c4ccccc4c4c5c6ccccc6c(-c6ccc7oc8ccccc8c7c6)cc5c5ccccc5c43)NC2C=C1. The first-order chi connectivity index (χ1) is 28.8. The maximum Gasteiger partial charge on any atom is 0.209 e. The molecule has 4 heteroatoms. The molecule has 1 N–H and O–H groups in total. The molecule has 0 radical (unpaired) electrons. The Kier molecular flexibility index (Phi) is 6.47. The van der Waals surface area contributed by atoms with Crippen molar-refractivity contribution in [2.45, 2.75) is 6.04 Å². The highest BCUT2D eigenvalue weighted by Gasteiger charge is 2.28. The van der Waals surface area contributed by atoms with Crippen LogP contribution < -0.4 is 5.32 Å². The molecule has 11 aromatic rings. The number of hydrogen-bond donors (Lipinski definition) is 1. The van der Waals surface area contributed by atoms with Gasteiger partial charge < -0.3 is 9.73 Å². The van der Waals surface area contributed by atoms with Crippen molar-refractivity contribution in [2.75, 3.05) is 0 Å². The normalized spacial score (nSPS) is 15.4. The van der Waals surface area contributed by atoms with Gasteiger partial charge in [0.15, 0.2) is 0 Å². The summed E-state index contributed by atoms with van der Waals surface area (Å²) in [7, 11) is 0. The molecule has 0 saturated carbocycles. The minimum Gasteiger partial charge on any atom is -0.456 e. The van der Waals surface area contributed by atoms with Crippen LogP contribution in [0.5, 0.6) is 0 Å². The molecule has 270 valence electrons. The predicted octanol–water partition coefficient (Wildman–Crippen LogP) is 13.7. The van der Waals surface area contributed by atoms with Gasteiger partial charge in [-0.2, -0.15) is 0 Å². The largest absolute Gasteiger partial charge is 0.456 e. The van der Waals surface area contributed by atoms with Gasteiger partial charge in [-0.1, -0.05) is 152 Å². The topological polar surface area (TPSA) is 42.5 Å². The van der Waals surface area contributed by atoms with Gasteiger partial charge in [-0.3, -0.25) is 4.57 Å². The third kappa shape index (κ3) is 4.43. The molecule has 58 heavy (non-hydrogen) atoms. The van der Waals surface area contributed by atoms with Crippen LogP contribution in [0.2, 0.25) is 0 Å². The van der Waals surface area contributed by atoms with Gasteiger partial charge in [0.25, 0.3) is 0 Å². The lowest BCUT2D eigenvalue weighted by atomic mass is 9.88. The number of fused-ring (bicyclic) bond motifs is 15. The number of para-hydroxylation sites is 2. The van der Waals surface area contributed by atoms with E-state index in [-0.39, 0.29) is 6.04 Å². The van der Waals surface area contributed by atoms with Crippen LogP contribution in [0, 0.1) is 0 Å². The number of rotatable bonds is 2. The number of furan rings is 1. The Balaban J connectivity index is 1.13. The highest BCUT2D eigenvalue weighted by molar-refractivity contribution is 6.39. The van der Waals surface area contributed by atoms with Crippen molar-refractivity contribution < 1.29 is 4.42 Å². The highest BCUT2D eigenvalue weighted by atomic mass is 16.3. The van der Waals surface area contributed by atoms with E-state index >= 15 is 0 Å². The average molecular weight is 740 g/mol. The number of aromatic nitrogens is 1. The fourth-order valence-electron chi connectivity index (χ4n) is 9.80. The highest BCUT2D eigenvalue weighted by Crippen LogP contribution is 2.47. The van der Waals surface area contributed by atoms with E-state index in [9.17, 15) is 0 Å². The molecule has 4 nitrogen and oxygen atoms in total. The van der Waals surface area contributed by atoms with Gasteiger partial charge in [0.05, 0.1) is 22.8 Å². The molecule has 2 aromatic heterocycles. The number of aliphatic imine (C=N–C) groups is 1. The van der Waals surface area contributed by atoms with Crippen molar-refractivity contribution in [1.82, 2.24) is 9.88 Å². The van der Waals surface area contributed by atoms with E-state index in [0.29, 0.717) is 0 Å². The summed E-state index contributed by atoms with van der Waals surface area (Å²) in [6.07, 6.45) is 8.69. The van der Waals surface area contributed by atoms with Gasteiger partial charge in [-0.15, -0.1) is 0 Å². The summed E-state index contributed by atoms with van der Waals surface area (Å²) in [4.78, 5) is 5.59. The van der Waals surface area contributed by atoms with Crippen molar-refractivity contribution in [3.05, 3.63) is 199 Å². The molecule has 0 saturated heterocycles. The quantitative estimate of drug-likeness (QED) is 0.179. The van der Waals surface area contributed by atoms with Crippen LogP contribution in [0.25, 0.3) is 104 Å². The molecule has 0 amide bonds. The molecule has 1 aliphatic heterocycles. The van der Waals surface area contributed by atoms with Crippen LogP contribution in [0.4, 0.5) is 0 Å². The second-order valence-electron chi connectivity index (χ2n) is 15.5. The maximum atomic E-state index is 6.25. The monoisotopic (exact) mass is 739 g/mol. The molecule has 1 atom stereocenters. The second kappa shape index (κ2) is 11.9. The van der Waals surface area contributed by atoms with Gasteiger partial charge in [-0.05, 0) is 79.8 Å². The van der Waals surface area contributed by atoms with E-state index in [2.05, 4.69) is 186 Å². The molecule has 1 unspecified atom stereocenters. The molecular formula is C54H33N3O. The Morgan fingerprint density at radius 1 is 0.500 bits per heavy atom. The van der Waals surface area contributed by atoms with Crippen molar-refractivity contribution in [3.8, 4) is 11.1 Å². The number of nitrogens with one attached hydrogen (secondary N) is 1. The van der Waals surface area contributed by atoms with E-state index < -0.39 is 0 Å². The van der Waals surface area contributed by atoms with Crippen LogP contribution in [0.3, 0.4) is 0 Å². The number of allylic oxidation sites excluding steroid dienone is 2. The number of hydrogen-bond acceptors (Lipinski definition) is 3. The summed E-state index contributed by atoms with van der Waals surface area (Å²) >= 11 is 0. The van der Waals surface area contributed by atoms with E-state index in [1.165, 1.54) is 65.0 Å². The first-order valence-corrected chi connectivity index (χ1v) is 19.9. The first-order valence-electron chi connectivity index (χ1n) is 19.9. The summed E-state index contributed by atoms with van der Waals surface area (Å²) in [5, 5.41) is 18.3. The Labute approximate surface area is 332 Å². The summed E-state index contributed by atoms with van der Waals surface area (Å²) in [6.45, 7) is 0. The third-order valence-corrected chi connectivity index (χ3v) is 12.4. The standard InChI is InChI=1S/C54H33N3O/c1-2-14-33-29-35(26-25-32(33)13-1)52-41-20-7-10-22-46(41)55-54(56-52)57-47-23-11-8-21-42(47)51-50-39-18-5-3-15-36(39)43(31-45(50)37-16-4-6-19-40(37)53(51)57)34-27-28-49-44(30-34)38-17-9-12-24-48(38)58-49/h1-31,46H,(H,55,56). The summed E-state index contributed by atoms with van der Waals surface area (Å²) in [6, 6.07) is 59.2. The van der Waals surface area contributed by atoms with Crippen LogP contribution >= 0.6 is 0 Å². The fraction of sp³-hybridized carbons (Fsp3) is 0.0185. The zero-order chi connectivity index (χ0) is 37.9. The number of nitrogens with zero attached hydrogens (tertiary/aromatic N) is 2. The zero-order valence-electron chi connectivity index (χ0n) is 31.3.